The average molecular weight is 619 g/mol. The second kappa shape index (κ2) is 12.2. The highest BCUT2D eigenvalue weighted by molar-refractivity contribution is 9.10. The fourth-order valence-corrected chi connectivity index (χ4v) is 4.54. The van der Waals surface area contributed by atoms with Crippen molar-refractivity contribution in [3.8, 4) is 0 Å². The molecule has 0 radical (unpaired) electrons. The number of likely N-dealkylation sites (tertiary alicyclic amines) is 1. The van der Waals surface area contributed by atoms with Crippen LogP contribution < -0.4 is 10.3 Å². The summed E-state index contributed by atoms with van der Waals surface area (Å²) in [5.41, 5.74) is -0.107. The number of carbonyl (C=O) groups excluding carboxylic acids is 3. The van der Waals surface area contributed by atoms with Crippen LogP contribution in [0.2, 0.25) is 0 Å². The van der Waals surface area contributed by atoms with Gasteiger partial charge in [-0.25, -0.2) is 18.4 Å². The summed E-state index contributed by atoms with van der Waals surface area (Å²) in [6, 6.07) is 11.4. The Morgan fingerprint density at radius 3 is 2.35 bits per heavy atom. The molecule has 2 heterocycles. The van der Waals surface area contributed by atoms with E-state index in [0.29, 0.717) is 10.5 Å². The van der Waals surface area contributed by atoms with Crippen molar-refractivity contribution in [2.45, 2.75) is 51.5 Å². The molecular weight excluding hydrogens is 590 g/mol. The van der Waals surface area contributed by atoms with Gasteiger partial charge in [0.2, 0.25) is 0 Å². The van der Waals surface area contributed by atoms with Crippen LogP contribution in [0.4, 0.5) is 24.1 Å². The Kier molecular flexibility index (Phi) is 8.89. The second-order valence-electron chi connectivity index (χ2n) is 10.3. The van der Waals surface area contributed by atoms with Crippen molar-refractivity contribution < 1.29 is 32.6 Å². The van der Waals surface area contributed by atoms with E-state index in [-0.39, 0.29) is 25.3 Å². The van der Waals surface area contributed by atoms with E-state index < -0.39 is 47.4 Å². The first-order valence-corrected chi connectivity index (χ1v) is 13.3. The van der Waals surface area contributed by atoms with Crippen LogP contribution in [0.15, 0.2) is 71.5 Å². The van der Waals surface area contributed by atoms with Gasteiger partial charge in [-0.1, -0.05) is 30.3 Å². The number of urea groups is 1. The zero-order valence-electron chi connectivity index (χ0n) is 22.1. The van der Waals surface area contributed by atoms with E-state index in [1.54, 1.807) is 26.8 Å². The van der Waals surface area contributed by atoms with Crippen LogP contribution >= 0.6 is 15.9 Å². The van der Waals surface area contributed by atoms with Crippen LogP contribution in [-0.4, -0.2) is 51.9 Å². The van der Waals surface area contributed by atoms with E-state index in [1.807, 2.05) is 30.3 Å². The molecule has 40 heavy (non-hydrogen) atoms. The lowest BCUT2D eigenvalue weighted by Crippen LogP contribution is -2.55. The maximum Gasteiger partial charge on any atom is 0.411 e. The largest absolute Gasteiger partial charge is 0.444 e. The van der Waals surface area contributed by atoms with Crippen LogP contribution in [0.3, 0.4) is 0 Å². The number of nitrogens with one attached hydrogen (secondary N) is 1. The van der Waals surface area contributed by atoms with Gasteiger partial charge in [-0.2, -0.15) is 5.01 Å². The lowest BCUT2D eigenvalue weighted by Gasteiger charge is -2.31. The normalized spacial score (nSPS) is 17.0. The summed E-state index contributed by atoms with van der Waals surface area (Å²) in [7, 11) is 0. The summed E-state index contributed by atoms with van der Waals surface area (Å²) in [4.78, 5) is 41.8. The van der Waals surface area contributed by atoms with E-state index in [1.165, 1.54) is 22.0 Å². The van der Waals surface area contributed by atoms with Gasteiger partial charge in [0, 0.05) is 35.0 Å². The highest BCUT2D eigenvalue weighted by atomic mass is 79.9. The first-order chi connectivity index (χ1) is 18.9. The van der Waals surface area contributed by atoms with Crippen LogP contribution in [0, 0.1) is 11.6 Å². The number of nitrogens with zero attached hydrogens (tertiary/aromatic N) is 3. The minimum atomic E-state index is -1.13. The summed E-state index contributed by atoms with van der Waals surface area (Å²) in [5, 5.41) is 3.12. The molecule has 12 heteroatoms. The summed E-state index contributed by atoms with van der Waals surface area (Å²) in [6.45, 7) is 5.43. The number of aromatic nitrogens is 1. The van der Waals surface area contributed by atoms with Gasteiger partial charge in [-0.05, 0) is 60.5 Å². The molecule has 0 unspecified atom stereocenters. The third-order valence-electron chi connectivity index (χ3n) is 5.89. The Morgan fingerprint density at radius 2 is 1.75 bits per heavy atom. The molecule has 0 spiro atoms. The maximum absolute atomic E-state index is 14.0. The minimum absolute atomic E-state index is 0.0537. The van der Waals surface area contributed by atoms with Crippen LogP contribution in [0.5, 0.6) is 0 Å². The molecule has 1 aliphatic heterocycles. The van der Waals surface area contributed by atoms with Gasteiger partial charge in [0.15, 0.2) is 0 Å². The van der Waals surface area contributed by atoms with Crippen LogP contribution in [0.25, 0.3) is 0 Å². The van der Waals surface area contributed by atoms with Crippen molar-refractivity contribution in [3.05, 3.63) is 88.7 Å². The van der Waals surface area contributed by atoms with Gasteiger partial charge in [0.05, 0.1) is 19.3 Å². The molecule has 1 N–H and O–H groups in total. The molecule has 0 saturated carbocycles. The molecular formula is C28H29BrF2N4O5. The number of carbonyl (C=O) groups is 3. The Hall–Kier alpha value is -3.77. The standard InChI is InChI=1S/C28H29BrF2N4O5/c1-28(2,3)40-27(38)34-16-23(39-17-18-7-5-4-6-8-18)14-24(34)25(36)35(33-10-9-19(29)15-33)26(37)32-22-12-20(30)11-21(31)13-22/h4-13,15,23-24H,14,16-17H2,1-3H3,(H,32,37)/t23-,24+/m1/s1. The highest BCUT2D eigenvalue weighted by Gasteiger charge is 2.45. The molecule has 0 aliphatic carbocycles. The Balaban J connectivity index is 1.62. The van der Waals surface area contributed by atoms with Crippen molar-refractivity contribution in [2.75, 3.05) is 16.9 Å². The van der Waals surface area contributed by atoms with Crippen molar-refractivity contribution >= 4 is 39.6 Å². The lowest BCUT2D eigenvalue weighted by molar-refractivity contribution is -0.123. The van der Waals surface area contributed by atoms with Gasteiger partial charge in [-0.15, -0.1) is 0 Å². The molecule has 2 atom stereocenters. The Bertz CT molecular complexity index is 1360. The molecule has 1 aliphatic rings. The number of anilines is 1. The summed E-state index contributed by atoms with van der Waals surface area (Å²) >= 11 is 3.29. The number of halogens is 3. The topological polar surface area (TPSA) is 93.1 Å². The monoisotopic (exact) mass is 618 g/mol. The van der Waals surface area contributed by atoms with Crippen molar-refractivity contribution in [1.82, 2.24) is 9.58 Å². The Labute approximate surface area is 238 Å². The molecule has 2 aromatic carbocycles. The fraction of sp³-hybridized carbons (Fsp3) is 0.321. The number of rotatable bonds is 6. The Morgan fingerprint density at radius 1 is 1.07 bits per heavy atom. The summed E-state index contributed by atoms with van der Waals surface area (Å²) in [5.74, 6) is -2.57. The molecule has 1 saturated heterocycles. The van der Waals surface area contributed by atoms with E-state index in [2.05, 4.69) is 21.2 Å². The highest BCUT2D eigenvalue weighted by Crippen LogP contribution is 2.26. The van der Waals surface area contributed by atoms with Crippen LogP contribution in [-0.2, 0) is 20.9 Å². The second-order valence-corrected chi connectivity index (χ2v) is 11.2. The van der Waals surface area contributed by atoms with Gasteiger partial charge in [0.1, 0.15) is 23.3 Å². The van der Waals surface area contributed by atoms with Gasteiger partial charge >= 0.3 is 12.1 Å². The molecule has 212 valence electrons. The minimum Gasteiger partial charge on any atom is -0.444 e. The van der Waals surface area contributed by atoms with Gasteiger partial charge in [-0.3, -0.25) is 14.4 Å². The molecule has 3 aromatic rings. The van der Waals surface area contributed by atoms with E-state index >= 15 is 0 Å². The third-order valence-corrected chi connectivity index (χ3v) is 6.36. The van der Waals surface area contributed by atoms with Crippen molar-refractivity contribution in [1.29, 1.82) is 0 Å². The smallest absolute Gasteiger partial charge is 0.411 e. The number of imide groups is 1. The predicted octanol–water partition coefficient (Wildman–Crippen LogP) is 5.82. The number of ether oxygens (including phenoxy) is 2. The quantitative estimate of drug-likeness (QED) is 0.376. The summed E-state index contributed by atoms with van der Waals surface area (Å²) in [6.07, 6.45) is 1.73. The van der Waals surface area contributed by atoms with E-state index in [4.69, 9.17) is 9.47 Å². The van der Waals surface area contributed by atoms with E-state index in [9.17, 15) is 23.2 Å². The number of amides is 4. The molecule has 1 aromatic heterocycles. The zero-order valence-corrected chi connectivity index (χ0v) is 23.7. The van der Waals surface area contributed by atoms with Crippen LogP contribution in [0.1, 0.15) is 32.8 Å². The SMILES string of the molecule is CC(C)(C)OC(=O)N1C[C@H](OCc2ccccc2)C[C@H]1C(=O)N(C(=O)Nc1cc(F)cc(F)c1)n1ccc(Br)c1. The van der Waals surface area contributed by atoms with Crippen molar-refractivity contribution in [3.63, 3.8) is 0 Å². The number of hydrogen-bond acceptors (Lipinski definition) is 5. The summed E-state index contributed by atoms with van der Waals surface area (Å²) < 4.78 is 40.9. The fourth-order valence-electron chi connectivity index (χ4n) is 4.21. The number of hydrogen-bond donors (Lipinski definition) is 1. The van der Waals surface area contributed by atoms with Crippen molar-refractivity contribution in [2.24, 2.45) is 0 Å². The lowest BCUT2D eigenvalue weighted by atomic mass is 10.1. The van der Waals surface area contributed by atoms with Gasteiger partial charge in [0.25, 0.3) is 5.91 Å². The molecule has 9 nitrogen and oxygen atoms in total. The molecule has 4 rings (SSSR count). The average Bonchev–Trinajstić information content (AvgIpc) is 3.48. The third kappa shape index (κ3) is 7.45. The maximum atomic E-state index is 14.0. The molecule has 4 amide bonds. The van der Waals surface area contributed by atoms with Gasteiger partial charge < -0.3 is 14.8 Å². The van der Waals surface area contributed by atoms with E-state index in [0.717, 1.165) is 22.7 Å². The predicted molar refractivity (Wildman–Crippen MR) is 147 cm³/mol. The first-order valence-electron chi connectivity index (χ1n) is 12.5. The molecule has 0 bridgehead atoms. The zero-order chi connectivity index (χ0) is 29.0. The first kappa shape index (κ1) is 29.2. The molecule has 1 fully saturated rings. The number of benzene rings is 2.